The third kappa shape index (κ3) is 4.95. The van der Waals surface area contributed by atoms with Crippen LogP contribution in [0.4, 0.5) is 0 Å². The van der Waals surface area contributed by atoms with Crippen molar-refractivity contribution in [3.8, 4) is 0 Å². The van der Waals surface area contributed by atoms with Gasteiger partial charge in [0.25, 0.3) is 0 Å². The van der Waals surface area contributed by atoms with Crippen molar-refractivity contribution < 1.29 is 9.53 Å². The summed E-state index contributed by atoms with van der Waals surface area (Å²) in [6.07, 6.45) is 4.95. The number of rotatable bonds is 7. The quantitative estimate of drug-likeness (QED) is 0.756. The lowest BCUT2D eigenvalue weighted by molar-refractivity contribution is -0.127. The van der Waals surface area contributed by atoms with Crippen LogP contribution in [-0.4, -0.2) is 54.6 Å². The first-order valence-electron chi connectivity index (χ1n) is 9.06. The average Bonchev–Trinajstić information content (AvgIpc) is 3.00. The highest BCUT2D eigenvalue weighted by Crippen LogP contribution is 2.20. The third-order valence-electron chi connectivity index (χ3n) is 5.03. The second-order valence-electron chi connectivity index (χ2n) is 6.78. The molecule has 2 aliphatic heterocycles. The minimum atomic E-state index is 0.322. The molecule has 2 saturated heterocycles. The topological polar surface area (TPSA) is 32.8 Å². The van der Waals surface area contributed by atoms with Crippen LogP contribution in [0, 0.1) is 0 Å². The zero-order valence-electron chi connectivity index (χ0n) is 14.3. The molecule has 5 heteroatoms. The highest BCUT2D eigenvalue weighted by molar-refractivity contribution is 6.30. The van der Waals surface area contributed by atoms with Gasteiger partial charge in [-0.05, 0) is 43.4 Å². The lowest BCUT2D eigenvalue weighted by atomic mass is 10.1. The molecule has 1 aromatic carbocycles. The van der Waals surface area contributed by atoms with Gasteiger partial charge in [0.05, 0.1) is 0 Å². The minimum Gasteiger partial charge on any atom is -0.381 e. The van der Waals surface area contributed by atoms with E-state index >= 15 is 0 Å². The summed E-state index contributed by atoms with van der Waals surface area (Å²) < 4.78 is 5.52. The Balaban J connectivity index is 1.57. The van der Waals surface area contributed by atoms with Crippen molar-refractivity contribution in [2.75, 3.05) is 32.8 Å². The zero-order chi connectivity index (χ0) is 16.8. The van der Waals surface area contributed by atoms with Crippen LogP contribution < -0.4 is 0 Å². The van der Waals surface area contributed by atoms with E-state index < -0.39 is 0 Å². The van der Waals surface area contributed by atoms with E-state index in [2.05, 4.69) is 17.0 Å². The lowest BCUT2D eigenvalue weighted by Gasteiger charge is -2.34. The predicted molar refractivity (Wildman–Crippen MR) is 96.1 cm³/mol. The fourth-order valence-electron chi connectivity index (χ4n) is 3.72. The van der Waals surface area contributed by atoms with Crippen LogP contribution in [0.2, 0.25) is 5.02 Å². The lowest BCUT2D eigenvalue weighted by Crippen LogP contribution is -2.40. The second-order valence-corrected chi connectivity index (χ2v) is 7.22. The van der Waals surface area contributed by atoms with Gasteiger partial charge in [-0.25, -0.2) is 0 Å². The molecule has 2 heterocycles. The molecule has 0 spiro atoms. The van der Waals surface area contributed by atoms with Crippen LogP contribution in [0.5, 0.6) is 0 Å². The first-order chi connectivity index (χ1) is 11.7. The summed E-state index contributed by atoms with van der Waals surface area (Å²) >= 11 is 6.14. The number of carbonyl (C=O) groups is 1. The van der Waals surface area contributed by atoms with E-state index in [1.165, 1.54) is 5.56 Å². The normalized spacial score (nSPS) is 19.4. The first kappa shape index (κ1) is 17.7. The van der Waals surface area contributed by atoms with Crippen LogP contribution in [0.25, 0.3) is 0 Å². The van der Waals surface area contributed by atoms with E-state index in [-0.39, 0.29) is 0 Å². The van der Waals surface area contributed by atoms with E-state index in [0.29, 0.717) is 11.9 Å². The summed E-state index contributed by atoms with van der Waals surface area (Å²) in [6, 6.07) is 8.69. The average molecular weight is 351 g/mol. The molecule has 2 fully saturated rings. The molecule has 0 saturated carbocycles. The van der Waals surface area contributed by atoms with Crippen LogP contribution in [0.1, 0.15) is 37.7 Å². The van der Waals surface area contributed by atoms with Crippen LogP contribution in [-0.2, 0) is 16.1 Å². The summed E-state index contributed by atoms with van der Waals surface area (Å²) in [5.41, 5.74) is 1.26. The van der Waals surface area contributed by atoms with Crippen molar-refractivity contribution in [3.05, 3.63) is 34.9 Å². The smallest absolute Gasteiger partial charge is 0.222 e. The zero-order valence-corrected chi connectivity index (χ0v) is 15.0. The molecule has 0 unspecified atom stereocenters. The maximum Gasteiger partial charge on any atom is 0.222 e. The van der Waals surface area contributed by atoms with E-state index in [9.17, 15) is 4.79 Å². The van der Waals surface area contributed by atoms with Gasteiger partial charge in [-0.1, -0.05) is 23.7 Å². The van der Waals surface area contributed by atoms with Gasteiger partial charge in [-0.3, -0.25) is 9.69 Å². The van der Waals surface area contributed by atoms with Crippen molar-refractivity contribution in [3.63, 3.8) is 0 Å². The van der Waals surface area contributed by atoms with E-state index in [4.69, 9.17) is 16.3 Å². The second kappa shape index (κ2) is 8.84. The molecule has 1 amide bonds. The Kier molecular flexibility index (Phi) is 6.52. The van der Waals surface area contributed by atoms with Crippen molar-refractivity contribution in [2.45, 2.75) is 44.7 Å². The highest BCUT2D eigenvalue weighted by Gasteiger charge is 2.23. The molecule has 132 valence electrons. The van der Waals surface area contributed by atoms with Crippen LogP contribution >= 0.6 is 11.6 Å². The number of amides is 1. The van der Waals surface area contributed by atoms with Gasteiger partial charge in [0.2, 0.25) is 5.91 Å². The summed E-state index contributed by atoms with van der Waals surface area (Å²) in [5.74, 6) is 0.322. The molecule has 0 aromatic heterocycles. The van der Waals surface area contributed by atoms with E-state index in [1.54, 1.807) is 0 Å². The maximum absolute atomic E-state index is 11.8. The van der Waals surface area contributed by atoms with Crippen molar-refractivity contribution in [1.82, 2.24) is 9.80 Å². The van der Waals surface area contributed by atoms with E-state index in [0.717, 1.165) is 76.5 Å². The molecule has 0 bridgehead atoms. The van der Waals surface area contributed by atoms with Gasteiger partial charge < -0.3 is 9.64 Å². The number of hydrogen-bond acceptors (Lipinski definition) is 3. The summed E-state index contributed by atoms with van der Waals surface area (Å²) in [5, 5.41) is 0.794. The van der Waals surface area contributed by atoms with E-state index in [1.807, 2.05) is 17.0 Å². The summed E-state index contributed by atoms with van der Waals surface area (Å²) in [6.45, 7) is 5.45. The molecular weight excluding hydrogens is 324 g/mol. The van der Waals surface area contributed by atoms with Crippen molar-refractivity contribution in [2.24, 2.45) is 0 Å². The highest BCUT2D eigenvalue weighted by atomic mass is 35.5. The Hall–Kier alpha value is -1.10. The Morgan fingerprint density at radius 1 is 1.29 bits per heavy atom. The third-order valence-corrected chi connectivity index (χ3v) is 5.26. The molecule has 0 atom stereocenters. The fraction of sp³-hybridized carbons (Fsp3) is 0.632. The van der Waals surface area contributed by atoms with Crippen molar-refractivity contribution in [1.29, 1.82) is 0 Å². The largest absolute Gasteiger partial charge is 0.381 e. The summed E-state index contributed by atoms with van der Waals surface area (Å²) in [7, 11) is 0. The SMILES string of the molecule is O=C1CCCN1CCCN(Cc1cccc(Cl)c1)C1CCOCC1. The molecule has 0 aliphatic carbocycles. The molecule has 3 rings (SSSR count). The number of likely N-dealkylation sites (tertiary alicyclic amines) is 1. The Morgan fingerprint density at radius 2 is 2.12 bits per heavy atom. The Bertz CT molecular complexity index is 546. The van der Waals surface area contributed by atoms with Crippen LogP contribution in [0.15, 0.2) is 24.3 Å². The van der Waals surface area contributed by atoms with Gasteiger partial charge in [0, 0.05) is 56.9 Å². The number of nitrogens with zero attached hydrogens (tertiary/aromatic N) is 2. The Morgan fingerprint density at radius 3 is 2.83 bits per heavy atom. The monoisotopic (exact) mass is 350 g/mol. The molecular formula is C19H27ClN2O2. The standard InChI is InChI=1S/C19H27ClN2O2/c20-17-5-1-4-16(14-17)15-22(18-7-12-24-13-8-18)11-3-10-21-9-2-6-19(21)23/h1,4-5,14,18H,2-3,6-13,15H2. The number of halogens is 1. The van der Waals surface area contributed by atoms with Gasteiger partial charge in [-0.15, -0.1) is 0 Å². The predicted octanol–water partition coefficient (Wildman–Crippen LogP) is 3.33. The Labute approximate surface area is 149 Å². The number of ether oxygens (including phenoxy) is 1. The number of benzene rings is 1. The first-order valence-corrected chi connectivity index (χ1v) is 9.44. The molecule has 4 nitrogen and oxygen atoms in total. The van der Waals surface area contributed by atoms with Gasteiger partial charge in [0.1, 0.15) is 0 Å². The maximum atomic E-state index is 11.8. The number of carbonyl (C=O) groups excluding carboxylic acids is 1. The molecule has 24 heavy (non-hydrogen) atoms. The van der Waals surface area contributed by atoms with Gasteiger partial charge in [-0.2, -0.15) is 0 Å². The van der Waals surface area contributed by atoms with Gasteiger partial charge in [0.15, 0.2) is 0 Å². The summed E-state index contributed by atoms with van der Waals surface area (Å²) in [4.78, 5) is 16.3. The van der Waals surface area contributed by atoms with Crippen LogP contribution in [0.3, 0.4) is 0 Å². The molecule has 1 aromatic rings. The van der Waals surface area contributed by atoms with Crippen molar-refractivity contribution >= 4 is 17.5 Å². The molecule has 0 N–H and O–H groups in total. The fourth-order valence-corrected chi connectivity index (χ4v) is 3.93. The minimum absolute atomic E-state index is 0.322. The molecule has 2 aliphatic rings. The molecule has 0 radical (unpaired) electrons. The number of hydrogen-bond donors (Lipinski definition) is 0. The van der Waals surface area contributed by atoms with Gasteiger partial charge >= 0.3 is 0 Å².